The molecule has 1 saturated heterocycles. The van der Waals surface area contributed by atoms with E-state index in [0.29, 0.717) is 69.4 Å². The van der Waals surface area contributed by atoms with Crippen LogP contribution in [0.15, 0.2) is 66.7 Å². The van der Waals surface area contributed by atoms with Crippen molar-refractivity contribution < 1.29 is 23.8 Å². The van der Waals surface area contributed by atoms with Gasteiger partial charge in [0.2, 0.25) is 0 Å². The van der Waals surface area contributed by atoms with Crippen LogP contribution in [0.5, 0.6) is 11.5 Å². The van der Waals surface area contributed by atoms with Crippen LogP contribution in [0.2, 0.25) is 0 Å². The number of benzene rings is 3. The van der Waals surface area contributed by atoms with E-state index in [4.69, 9.17) is 14.2 Å². The second kappa shape index (κ2) is 15.1. The molecule has 0 saturated carbocycles. The van der Waals surface area contributed by atoms with Crippen molar-refractivity contribution in [3.8, 4) is 11.5 Å². The van der Waals surface area contributed by atoms with E-state index >= 15 is 0 Å². The quantitative estimate of drug-likeness (QED) is 0.379. The molecule has 5 rings (SSSR count). The lowest BCUT2D eigenvalue weighted by atomic mass is 10.0. The largest absolute Gasteiger partial charge is 0.494 e. The zero-order valence-corrected chi connectivity index (χ0v) is 26.2. The maximum Gasteiger partial charge on any atom is 0.254 e. The standard InChI is InChI=1S/C35H44N4O5/c1-36(2)13-6-19-43-32-10-5-9-29(26-32)35(41)39-15-14-37(3)34(40)28-8-4-7-27(23-28)24-30-25-31(38-16-20-42-21-17-38)11-12-33(30)44-22-18-39/h4-5,7-12,23,25-26H,6,13-22,24H2,1-3H3. The highest BCUT2D eigenvalue weighted by Gasteiger charge is 2.21. The van der Waals surface area contributed by atoms with Gasteiger partial charge in [-0.3, -0.25) is 9.59 Å². The minimum atomic E-state index is -0.120. The Hall–Kier alpha value is -4.08. The Morgan fingerprint density at radius 1 is 0.909 bits per heavy atom. The Bertz CT molecular complexity index is 1420. The first-order valence-electron chi connectivity index (χ1n) is 15.5. The number of ether oxygens (including phenoxy) is 3. The highest BCUT2D eigenvalue weighted by molar-refractivity contribution is 5.95. The first-order valence-corrected chi connectivity index (χ1v) is 15.5. The third-order valence-electron chi connectivity index (χ3n) is 8.05. The lowest BCUT2D eigenvalue weighted by Crippen LogP contribution is -2.41. The van der Waals surface area contributed by atoms with Gasteiger partial charge in [-0.2, -0.15) is 0 Å². The Morgan fingerprint density at radius 2 is 1.73 bits per heavy atom. The van der Waals surface area contributed by atoms with E-state index in [9.17, 15) is 9.59 Å². The van der Waals surface area contributed by atoms with E-state index in [1.165, 1.54) is 0 Å². The van der Waals surface area contributed by atoms with Crippen LogP contribution in [-0.2, 0) is 11.2 Å². The summed E-state index contributed by atoms with van der Waals surface area (Å²) in [6.45, 7) is 6.09. The summed E-state index contributed by atoms with van der Waals surface area (Å²) >= 11 is 0. The molecule has 0 atom stereocenters. The molecule has 2 aliphatic heterocycles. The molecule has 2 aliphatic rings. The zero-order valence-electron chi connectivity index (χ0n) is 26.2. The highest BCUT2D eigenvalue weighted by Crippen LogP contribution is 2.29. The van der Waals surface area contributed by atoms with Gasteiger partial charge in [-0.05, 0) is 74.6 Å². The number of fused-ring (bicyclic) bond motifs is 3. The summed E-state index contributed by atoms with van der Waals surface area (Å²) in [5.41, 5.74) is 4.40. The predicted octanol–water partition coefficient (Wildman–Crippen LogP) is 4.05. The number of likely N-dealkylation sites (N-methyl/N-ethyl adjacent to an activating group) is 1. The number of nitrogens with zero attached hydrogens (tertiary/aromatic N) is 4. The summed E-state index contributed by atoms with van der Waals surface area (Å²) in [6, 6.07) is 21.4. The summed E-state index contributed by atoms with van der Waals surface area (Å²) in [5, 5.41) is 0. The van der Waals surface area contributed by atoms with Gasteiger partial charge < -0.3 is 33.8 Å². The van der Waals surface area contributed by atoms with Gasteiger partial charge in [0.05, 0.1) is 26.4 Å². The predicted molar refractivity (Wildman–Crippen MR) is 172 cm³/mol. The van der Waals surface area contributed by atoms with E-state index in [0.717, 1.165) is 48.6 Å². The number of amides is 2. The van der Waals surface area contributed by atoms with Crippen LogP contribution in [0.25, 0.3) is 0 Å². The molecule has 0 radical (unpaired) electrons. The second-order valence-corrected chi connectivity index (χ2v) is 11.7. The molecule has 0 spiro atoms. The van der Waals surface area contributed by atoms with Gasteiger partial charge in [0, 0.05) is 68.6 Å². The van der Waals surface area contributed by atoms with Gasteiger partial charge in [-0.15, -0.1) is 0 Å². The van der Waals surface area contributed by atoms with E-state index in [1.807, 2.05) is 62.6 Å². The molecule has 0 aliphatic carbocycles. The molecule has 9 nitrogen and oxygen atoms in total. The third kappa shape index (κ3) is 8.30. The Kier molecular flexibility index (Phi) is 10.7. The first-order chi connectivity index (χ1) is 21.4. The minimum Gasteiger partial charge on any atom is -0.494 e. The average Bonchev–Trinajstić information content (AvgIpc) is 3.04. The lowest BCUT2D eigenvalue weighted by Gasteiger charge is -2.30. The third-order valence-corrected chi connectivity index (χ3v) is 8.05. The number of rotatable bonds is 7. The highest BCUT2D eigenvalue weighted by atomic mass is 16.5. The number of morpholine rings is 1. The van der Waals surface area contributed by atoms with E-state index in [-0.39, 0.29) is 11.8 Å². The van der Waals surface area contributed by atoms with Gasteiger partial charge in [-0.1, -0.05) is 18.2 Å². The molecule has 3 aromatic rings. The van der Waals surface area contributed by atoms with Gasteiger partial charge in [0.15, 0.2) is 0 Å². The smallest absolute Gasteiger partial charge is 0.254 e. The number of carbonyl (C=O) groups excluding carboxylic acids is 2. The number of hydrogen-bond acceptors (Lipinski definition) is 7. The molecule has 0 N–H and O–H groups in total. The second-order valence-electron chi connectivity index (χ2n) is 11.7. The first kappa shape index (κ1) is 31.3. The molecule has 44 heavy (non-hydrogen) atoms. The van der Waals surface area contributed by atoms with Crippen LogP contribution >= 0.6 is 0 Å². The fraction of sp³-hybridized carbons (Fsp3) is 0.429. The SMILES string of the molecule is CN(C)CCCOc1cccc(C(=O)N2CCOc3ccc(N4CCOCC4)cc3Cc3cccc(c3)C(=O)N(C)CC2)c1. The van der Waals surface area contributed by atoms with Crippen molar-refractivity contribution in [1.82, 2.24) is 14.7 Å². The number of hydrogen-bond donors (Lipinski definition) is 0. The maximum absolute atomic E-state index is 13.8. The van der Waals surface area contributed by atoms with Crippen LogP contribution in [0, 0.1) is 0 Å². The molecule has 2 amide bonds. The molecule has 2 heterocycles. The molecule has 9 heteroatoms. The number of anilines is 1. The van der Waals surface area contributed by atoms with Crippen molar-refractivity contribution in [2.45, 2.75) is 12.8 Å². The topological polar surface area (TPSA) is 74.8 Å². The minimum absolute atomic E-state index is 0.0667. The average molecular weight is 601 g/mol. The molecular weight excluding hydrogens is 556 g/mol. The number of carbonyl (C=O) groups is 2. The Balaban J connectivity index is 1.37. The normalized spacial score (nSPS) is 16.3. The van der Waals surface area contributed by atoms with Gasteiger partial charge >= 0.3 is 0 Å². The maximum atomic E-state index is 13.8. The monoisotopic (exact) mass is 600 g/mol. The van der Waals surface area contributed by atoms with Crippen molar-refractivity contribution in [2.75, 3.05) is 91.7 Å². The molecule has 2 bridgehead atoms. The summed E-state index contributed by atoms with van der Waals surface area (Å²) in [5.74, 6) is 1.27. The molecule has 0 unspecified atom stereocenters. The summed E-state index contributed by atoms with van der Waals surface area (Å²) < 4.78 is 17.9. The van der Waals surface area contributed by atoms with E-state index in [1.54, 1.807) is 22.9 Å². The Labute approximate surface area is 260 Å². The summed E-state index contributed by atoms with van der Waals surface area (Å²) in [4.78, 5) is 35.1. The van der Waals surface area contributed by atoms with Crippen LogP contribution in [0.3, 0.4) is 0 Å². The van der Waals surface area contributed by atoms with Crippen molar-refractivity contribution >= 4 is 17.5 Å². The van der Waals surface area contributed by atoms with Crippen molar-refractivity contribution in [2.24, 2.45) is 0 Å². The summed E-state index contributed by atoms with van der Waals surface area (Å²) in [6.07, 6.45) is 1.52. The summed E-state index contributed by atoms with van der Waals surface area (Å²) in [7, 11) is 5.85. The molecule has 3 aromatic carbocycles. The van der Waals surface area contributed by atoms with Crippen LogP contribution < -0.4 is 14.4 Å². The van der Waals surface area contributed by atoms with Gasteiger partial charge in [0.1, 0.15) is 18.1 Å². The molecule has 1 fully saturated rings. The van der Waals surface area contributed by atoms with E-state index in [2.05, 4.69) is 21.9 Å². The van der Waals surface area contributed by atoms with Crippen molar-refractivity contribution in [3.63, 3.8) is 0 Å². The van der Waals surface area contributed by atoms with Crippen molar-refractivity contribution in [3.05, 3.63) is 89.0 Å². The van der Waals surface area contributed by atoms with Gasteiger partial charge in [-0.25, -0.2) is 0 Å². The van der Waals surface area contributed by atoms with E-state index < -0.39 is 0 Å². The van der Waals surface area contributed by atoms with Crippen LogP contribution in [-0.4, -0.2) is 113 Å². The molecule has 234 valence electrons. The Morgan fingerprint density at radius 3 is 2.55 bits per heavy atom. The fourth-order valence-electron chi connectivity index (χ4n) is 5.54. The van der Waals surface area contributed by atoms with Crippen LogP contribution in [0.1, 0.15) is 38.3 Å². The lowest BCUT2D eigenvalue weighted by molar-refractivity contribution is 0.0668. The zero-order chi connectivity index (χ0) is 30.9. The molecule has 0 aromatic heterocycles. The van der Waals surface area contributed by atoms with Gasteiger partial charge in [0.25, 0.3) is 11.8 Å². The van der Waals surface area contributed by atoms with Crippen LogP contribution in [0.4, 0.5) is 5.69 Å². The molecular formula is C35H44N4O5. The van der Waals surface area contributed by atoms with Crippen molar-refractivity contribution in [1.29, 1.82) is 0 Å². The fourth-order valence-corrected chi connectivity index (χ4v) is 5.54.